The van der Waals surface area contributed by atoms with E-state index < -0.39 is 17.4 Å². The van der Waals surface area contributed by atoms with Gasteiger partial charge in [-0.25, -0.2) is 9.97 Å². The Kier molecular flexibility index (Phi) is 11.4. The molecule has 1 N–H and O–H groups in total. The number of hydrogen-bond donors (Lipinski definition) is 1. The van der Waals surface area contributed by atoms with E-state index in [4.69, 9.17) is 4.74 Å². The number of hydrogen-bond acceptors (Lipinski definition) is 8. The van der Waals surface area contributed by atoms with Crippen LogP contribution in [-0.4, -0.2) is 82.4 Å². The van der Waals surface area contributed by atoms with Crippen molar-refractivity contribution in [3.8, 4) is 0 Å². The molecule has 9 nitrogen and oxygen atoms in total. The second kappa shape index (κ2) is 14.9. The van der Waals surface area contributed by atoms with Crippen LogP contribution in [-0.2, 0) is 25.7 Å². The van der Waals surface area contributed by atoms with Crippen LogP contribution in [0.2, 0.25) is 0 Å². The van der Waals surface area contributed by atoms with Gasteiger partial charge >= 0.3 is 11.9 Å². The molecule has 6 rings (SSSR count). The van der Waals surface area contributed by atoms with Gasteiger partial charge in [-0.2, -0.15) is 0 Å². The van der Waals surface area contributed by atoms with Crippen LogP contribution >= 0.6 is 0 Å². The zero-order chi connectivity index (χ0) is 40.4. The van der Waals surface area contributed by atoms with E-state index in [-0.39, 0.29) is 45.5 Å². The molecule has 0 amide bonds. The topological polar surface area (TPSA) is 113 Å². The van der Waals surface area contributed by atoms with Crippen molar-refractivity contribution in [1.82, 2.24) is 19.8 Å². The number of rotatable bonds is 13. The fourth-order valence-electron chi connectivity index (χ4n) is 13.5. The third kappa shape index (κ3) is 7.25. The second-order valence-corrected chi connectivity index (χ2v) is 21.2. The predicted molar refractivity (Wildman–Crippen MR) is 216 cm³/mol. The van der Waals surface area contributed by atoms with E-state index in [9.17, 15) is 19.5 Å². The van der Waals surface area contributed by atoms with Gasteiger partial charge in [-0.05, 0) is 144 Å². The standard InChI is InChI=1S/C46H72N4O5/c1-30(2)38-32(51)27-46(21-24-50(26-25-49(10)11)29-36-47-22-12-23-48-36)20-19-44(8)31(39(38)46)13-14-34-43(7)17-16-35(55-37(52)28-41(3,4)40(53)54)42(5,6)33(43)15-18-45(34,44)9/h12,22-23,30-31,33-35H,13-21,24-29H2,1-11H3,(H,53,54). The van der Waals surface area contributed by atoms with E-state index in [1.54, 1.807) is 13.8 Å². The molecule has 5 aliphatic rings. The van der Waals surface area contributed by atoms with Gasteiger partial charge in [0.25, 0.3) is 0 Å². The first-order valence-electron chi connectivity index (χ1n) is 21.4. The minimum Gasteiger partial charge on any atom is -0.481 e. The maximum Gasteiger partial charge on any atom is 0.309 e. The van der Waals surface area contributed by atoms with Crippen LogP contribution in [0.3, 0.4) is 0 Å². The van der Waals surface area contributed by atoms with Crippen LogP contribution in [0.15, 0.2) is 29.6 Å². The summed E-state index contributed by atoms with van der Waals surface area (Å²) in [6.07, 6.45) is 13.5. The Balaban J connectivity index is 1.26. The van der Waals surface area contributed by atoms with Crippen LogP contribution < -0.4 is 0 Å². The van der Waals surface area contributed by atoms with Crippen molar-refractivity contribution in [1.29, 1.82) is 0 Å². The minimum atomic E-state index is -1.15. The maximum atomic E-state index is 14.2. The number of carboxylic acid groups (broad SMARTS) is 1. The molecule has 1 aromatic rings. The van der Waals surface area contributed by atoms with E-state index in [0.29, 0.717) is 36.5 Å². The first kappa shape index (κ1) is 42.0. The van der Waals surface area contributed by atoms with Gasteiger partial charge in [0.2, 0.25) is 0 Å². The Morgan fingerprint density at radius 1 is 0.909 bits per heavy atom. The molecule has 0 saturated heterocycles. The molecule has 4 saturated carbocycles. The molecule has 0 radical (unpaired) electrons. The fourth-order valence-corrected chi connectivity index (χ4v) is 13.5. The molecule has 55 heavy (non-hydrogen) atoms. The Morgan fingerprint density at radius 3 is 2.24 bits per heavy atom. The van der Waals surface area contributed by atoms with Crippen molar-refractivity contribution in [2.45, 2.75) is 146 Å². The lowest BCUT2D eigenvalue weighted by Gasteiger charge is -2.72. The highest BCUT2D eigenvalue weighted by Gasteiger charge is 2.70. The lowest BCUT2D eigenvalue weighted by molar-refractivity contribution is -0.233. The number of nitrogens with zero attached hydrogens (tertiary/aromatic N) is 4. The molecular formula is C46H72N4O5. The average Bonchev–Trinajstić information content (AvgIpc) is 3.40. The number of carbonyl (C=O) groups excluding carboxylic acids is 2. The molecule has 8 unspecified atom stereocenters. The molecule has 8 atom stereocenters. The summed E-state index contributed by atoms with van der Waals surface area (Å²) in [5, 5.41) is 9.64. The Morgan fingerprint density at radius 2 is 1.60 bits per heavy atom. The van der Waals surface area contributed by atoms with Crippen molar-refractivity contribution in [2.75, 3.05) is 33.7 Å². The summed E-state index contributed by atoms with van der Waals surface area (Å²) in [5.41, 5.74) is 1.56. The van der Waals surface area contributed by atoms with Gasteiger partial charge in [0.15, 0.2) is 5.78 Å². The van der Waals surface area contributed by atoms with E-state index in [2.05, 4.69) is 82.3 Å². The number of aromatic nitrogens is 2. The molecule has 5 aliphatic carbocycles. The first-order valence-corrected chi connectivity index (χ1v) is 21.4. The number of carbonyl (C=O) groups is 3. The van der Waals surface area contributed by atoms with E-state index in [1.165, 1.54) is 5.57 Å². The summed E-state index contributed by atoms with van der Waals surface area (Å²) in [6.45, 7) is 23.6. The third-order valence-electron chi connectivity index (χ3n) is 16.7. The van der Waals surface area contributed by atoms with E-state index in [0.717, 1.165) is 88.8 Å². The summed E-state index contributed by atoms with van der Waals surface area (Å²) in [7, 11) is 4.25. The molecule has 9 heteroatoms. The fraction of sp³-hybridized carbons (Fsp3) is 0.804. The van der Waals surface area contributed by atoms with Crippen molar-refractivity contribution >= 4 is 17.7 Å². The summed E-state index contributed by atoms with van der Waals surface area (Å²) >= 11 is 0. The summed E-state index contributed by atoms with van der Waals surface area (Å²) in [5.74, 6) is 1.43. The summed E-state index contributed by atoms with van der Waals surface area (Å²) < 4.78 is 6.20. The van der Waals surface area contributed by atoms with Crippen LogP contribution in [0.5, 0.6) is 0 Å². The molecule has 0 bridgehead atoms. The molecule has 306 valence electrons. The quantitative estimate of drug-likeness (QED) is 0.198. The lowest BCUT2D eigenvalue weighted by Crippen LogP contribution is -2.65. The SMILES string of the molecule is CC(C)C1=C2C3CCC4C5(C)CCC(OC(=O)CC(C)(C)C(=O)O)C(C)(C)C5CCC4(C)C3(C)CCC2(CCN(CCN(C)C)Cc2ncccn2)CC1=O. The number of allylic oxidation sites excluding steroid dienone is 2. The second-order valence-electron chi connectivity index (χ2n) is 21.2. The summed E-state index contributed by atoms with van der Waals surface area (Å²) in [6, 6.07) is 1.87. The Labute approximate surface area is 331 Å². The number of ether oxygens (including phenoxy) is 1. The van der Waals surface area contributed by atoms with Gasteiger partial charge in [0.05, 0.1) is 18.4 Å². The van der Waals surface area contributed by atoms with Crippen LogP contribution in [0.25, 0.3) is 0 Å². The minimum absolute atomic E-state index is 0.0851. The molecule has 0 aliphatic heterocycles. The molecule has 4 fully saturated rings. The van der Waals surface area contributed by atoms with Crippen LogP contribution in [0.4, 0.5) is 0 Å². The number of likely N-dealkylation sites (N-methyl/N-ethyl adjacent to an activating group) is 1. The average molecular weight is 761 g/mol. The van der Waals surface area contributed by atoms with E-state index >= 15 is 0 Å². The first-order chi connectivity index (χ1) is 25.6. The van der Waals surface area contributed by atoms with Crippen molar-refractivity contribution in [2.24, 2.45) is 56.2 Å². The number of fused-ring (bicyclic) bond motifs is 7. The van der Waals surface area contributed by atoms with E-state index in [1.807, 2.05) is 18.5 Å². The van der Waals surface area contributed by atoms with Gasteiger partial charge in [-0.15, -0.1) is 0 Å². The van der Waals surface area contributed by atoms with Gasteiger partial charge in [0, 0.05) is 42.7 Å². The van der Waals surface area contributed by atoms with Gasteiger partial charge in [-0.3, -0.25) is 19.3 Å². The highest BCUT2D eigenvalue weighted by Crippen LogP contribution is 2.77. The largest absolute Gasteiger partial charge is 0.481 e. The molecule has 0 spiro atoms. The number of esters is 1. The van der Waals surface area contributed by atoms with Crippen LogP contribution in [0, 0.1) is 56.2 Å². The highest BCUT2D eigenvalue weighted by molar-refractivity contribution is 6.00. The molecule has 1 aromatic heterocycles. The highest BCUT2D eigenvalue weighted by atomic mass is 16.5. The molecule has 1 heterocycles. The van der Waals surface area contributed by atoms with Gasteiger partial charge in [-0.1, -0.05) is 54.0 Å². The third-order valence-corrected chi connectivity index (χ3v) is 16.7. The number of Topliss-reactive ketones (excluding diaryl/α,β-unsaturated/α-hetero) is 1. The van der Waals surface area contributed by atoms with Gasteiger partial charge in [0.1, 0.15) is 11.9 Å². The van der Waals surface area contributed by atoms with Crippen LogP contribution in [0.1, 0.15) is 139 Å². The van der Waals surface area contributed by atoms with Gasteiger partial charge < -0.3 is 14.7 Å². The van der Waals surface area contributed by atoms with Crippen molar-refractivity contribution in [3.63, 3.8) is 0 Å². The predicted octanol–water partition coefficient (Wildman–Crippen LogP) is 8.62. The van der Waals surface area contributed by atoms with Crippen molar-refractivity contribution in [3.05, 3.63) is 35.4 Å². The number of aliphatic carboxylic acids is 1. The number of ketones is 1. The zero-order valence-electron chi connectivity index (χ0n) is 36.1. The Hall–Kier alpha value is -2.65. The maximum absolute atomic E-state index is 14.2. The van der Waals surface area contributed by atoms with Crippen molar-refractivity contribution < 1.29 is 24.2 Å². The lowest BCUT2D eigenvalue weighted by atomic mass is 9.33. The monoisotopic (exact) mass is 761 g/mol. The normalized spacial score (nSPS) is 35.7. The smallest absolute Gasteiger partial charge is 0.309 e. The zero-order valence-corrected chi connectivity index (χ0v) is 36.1. The number of carboxylic acids is 1. The Bertz CT molecular complexity index is 1650. The molecule has 0 aromatic carbocycles. The summed E-state index contributed by atoms with van der Waals surface area (Å²) in [4.78, 5) is 53.1. The molecular weight excluding hydrogens is 689 g/mol.